The number of phenolic OH excluding ortho intramolecular Hbond substituents is 1. The quantitative estimate of drug-likeness (QED) is 0.813. The molecule has 0 saturated carbocycles. The first-order chi connectivity index (χ1) is 8.25. The van der Waals surface area contributed by atoms with Crippen molar-refractivity contribution >= 4 is 5.91 Å². The summed E-state index contributed by atoms with van der Waals surface area (Å²) in [6.07, 6.45) is 1.79. The molecule has 2 N–H and O–H groups in total. The zero-order valence-electron chi connectivity index (χ0n) is 8.96. The third-order valence-electron chi connectivity index (χ3n) is 2.14. The summed E-state index contributed by atoms with van der Waals surface area (Å²) >= 11 is 0. The van der Waals surface area contributed by atoms with Crippen LogP contribution in [0.5, 0.6) is 5.75 Å². The molecule has 0 fully saturated rings. The number of carbonyl (C=O) groups excluding carboxylic acids is 1. The number of benzene rings is 1. The van der Waals surface area contributed by atoms with Gasteiger partial charge in [-0.25, -0.2) is 0 Å². The van der Waals surface area contributed by atoms with Crippen LogP contribution < -0.4 is 5.32 Å². The highest BCUT2D eigenvalue weighted by atomic mass is 16.5. The number of amides is 1. The highest BCUT2D eigenvalue weighted by Gasteiger charge is 2.06. The second-order valence-corrected chi connectivity index (χ2v) is 3.39. The summed E-state index contributed by atoms with van der Waals surface area (Å²) in [5, 5.41) is 15.4. The van der Waals surface area contributed by atoms with Gasteiger partial charge in [-0.15, -0.1) is 0 Å². The van der Waals surface area contributed by atoms with Crippen molar-refractivity contribution in [3.8, 4) is 5.75 Å². The molecule has 0 aliphatic heterocycles. The predicted octanol–water partition coefficient (Wildman–Crippen LogP) is 0.748. The van der Waals surface area contributed by atoms with E-state index in [1.165, 1.54) is 18.5 Å². The summed E-state index contributed by atoms with van der Waals surface area (Å²) in [6, 6.07) is 6.15. The normalized spacial score (nSPS) is 10.1. The fourth-order valence-corrected chi connectivity index (χ4v) is 1.34. The second kappa shape index (κ2) is 5.11. The molecular weight excluding hydrogens is 222 g/mol. The molecule has 6 heteroatoms. The molecule has 0 spiro atoms. The molecule has 0 unspecified atom stereocenters. The Labute approximate surface area is 97.3 Å². The summed E-state index contributed by atoms with van der Waals surface area (Å²) in [4.78, 5) is 15.5. The Morgan fingerprint density at radius 3 is 3.06 bits per heavy atom. The summed E-state index contributed by atoms with van der Waals surface area (Å²) in [7, 11) is 0. The zero-order valence-corrected chi connectivity index (χ0v) is 8.96. The molecule has 2 rings (SSSR count). The van der Waals surface area contributed by atoms with E-state index in [0.717, 1.165) is 0 Å². The molecule has 0 bridgehead atoms. The maximum Gasteiger partial charge on any atom is 0.251 e. The van der Waals surface area contributed by atoms with Gasteiger partial charge in [0.25, 0.3) is 5.91 Å². The number of hydrogen-bond acceptors (Lipinski definition) is 5. The molecule has 6 nitrogen and oxygen atoms in total. The Kier molecular flexibility index (Phi) is 3.34. The van der Waals surface area contributed by atoms with E-state index in [-0.39, 0.29) is 11.7 Å². The third kappa shape index (κ3) is 3.04. The van der Waals surface area contributed by atoms with Gasteiger partial charge in [-0.1, -0.05) is 11.2 Å². The molecule has 0 radical (unpaired) electrons. The second-order valence-electron chi connectivity index (χ2n) is 3.39. The highest BCUT2D eigenvalue weighted by molar-refractivity contribution is 5.94. The van der Waals surface area contributed by atoms with Crippen LogP contribution in [0.25, 0.3) is 0 Å². The first kappa shape index (κ1) is 11.1. The van der Waals surface area contributed by atoms with Gasteiger partial charge in [0.05, 0.1) is 0 Å². The minimum absolute atomic E-state index is 0.0644. The first-order valence-electron chi connectivity index (χ1n) is 5.08. The standard InChI is InChI=1S/C11H11N3O3/c15-9-3-1-2-8(6-9)11(16)12-5-4-10-13-7-14-17-10/h1-3,6-7,15H,4-5H2,(H,12,16). The van der Waals surface area contributed by atoms with Crippen molar-refractivity contribution in [1.82, 2.24) is 15.5 Å². The smallest absolute Gasteiger partial charge is 0.251 e. The van der Waals surface area contributed by atoms with Crippen molar-refractivity contribution in [2.24, 2.45) is 0 Å². The molecule has 1 amide bonds. The lowest BCUT2D eigenvalue weighted by molar-refractivity contribution is 0.0953. The summed E-state index contributed by atoms with van der Waals surface area (Å²) < 4.78 is 4.79. The Bertz CT molecular complexity index is 496. The van der Waals surface area contributed by atoms with Gasteiger partial charge < -0.3 is 14.9 Å². The first-order valence-corrected chi connectivity index (χ1v) is 5.08. The highest BCUT2D eigenvalue weighted by Crippen LogP contribution is 2.10. The molecule has 1 heterocycles. The Balaban J connectivity index is 1.85. The molecule has 1 aromatic heterocycles. The van der Waals surface area contributed by atoms with Crippen molar-refractivity contribution in [3.63, 3.8) is 0 Å². The number of nitrogens with zero attached hydrogens (tertiary/aromatic N) is 2. The number of rotatable bonds is 4. The van der Waals surface area contributed by atoms with Crippen LogP contribution in [0.3, 0.4) is 0 Å². The molecule has 88 valence electrons. The summed E-state index contributed by atoms with van der Waals surface area (Å²) in [5.74, 6) is 0.288. The number of nitrogens with one attached hydrogen (secondary N) is 1. The van der Waals surface area contributed by atoms with E-state index in [9.17, 15) is 9.90 Å². The zero-order chi connectivity index (χ0) is 12.1. The van der Waals surface area contributed by atoms with E-state index >= 15 is 0 Å². The lowest BCUT2D eigenvalue weighted by Crippen LogP contribution is -2.25. The summed E-state index contributed by atoms with van der Waals surface area (Å²) in [6.45, 7) is 0.399. The van der Waals surface area contributed by atoms with Crippen LogP contribution in [-0.2, 0) is 6.42 Å². The monoisotopic (exact) mass is 233 g/mol. The van der Waals surface area contributed by atoms with Crippen LogP contribution in [0.4, 0.5) is 0 Å². The molecule has 17 heavy (non-hydrogen) atoms. The Morgan fingerprint density at radius 2 is 2.35 bits per heavy atom. The van der Waals surface area contributed by atoms with Gasteiger partial charge in [0.1, 0.15) is 5.75 Å². The van der Waals surface area contributed by atoms with E-state index in [1.807, 2.05) is 0 Å². The summed E-state index contributed by atoms with van der Waals surface area (Å²) in [5.41, 5.74) is 0.413. The van der Waals surface area contributed by atoms with Crippen molar-refractivity contribution in [2.75, 3.05) is 6.54 Å². The maximum atomic E-state index is 11.6. The number of aromatic hydroxyl groups is 1. The number of hydrogen-bond donors (Lipinski definition) is 2. The van der Waals surface area contributed by atoms with Crippen LogP contribution in [0.15, 0.2) is 35.1 Å². The van der Waals surface area contributed by atoms with Gasteiger partial charge in [0.2, 0.25) is 5.89 Å². The number of aromatic nitrogens is 2. The van der Waals surface area contributed by atoms with Crippen LogP contribution in [-0.4, -0.2) is 27.7 Å². The van der Waals surface area contributed by atoms with Crippen molar-refractivity contribution in [3.05, 3.63) is 42.0 Å². The van der Waals surface area contributed by atoms with Gasteiger partial charge in [0, 0.05) is 18.5 Å². The maximum absolute atomic E-state index is 11.6. The molecule has 0 atom stereocenters. The Hall–Kier alpha value is -2.37. The number of carbonyl (C=O) groups is 1. The van der Waals surface area contributed by atoms with E-state index in [0.29, 0.717) is 24.4 Å². The van der Waals surface area contributed by atoms with Crippen LogP contribution in [0.1, 0.15) is 16.2 Å². The fourth-order valence-electron chi connectivity index (χ4n) is 1.34. The largest absolute Gasteiger partial charge is 0.508 e. The van der Waals surface area contributed by atoms with Gasteiger partial charge in [0.15, 0.2) is 6.33 Å². The lowest BCUT2D eigenvalue weighted by atomic mass is 10.2. The average molecular weight is 233 g/mol. The van der Waals surface area contributed by atoms with Gasteiger partial charge >= 0.3 is 0 Å². The van der Waals surface area contributed by atoms with E-state index < -0.39 is 0 Å². The molecule has 0 aliphatic carbocycles. The van der Waals surface area contributed by atoms with Crippen LogP contribution >= 0.6 is 0 Å². The van der Waals surface area contributed by atoms with Crippen LogP contribution in [0.2, 0.25) is 0 Å². The van der Waals surface area contributed by atoms with E-state index in [1.54, 1.807) is 12.1 Å². The average Bonchev–Trinajstić information content (AvgIpc) is 2.82. The lowest BCUT2D eigenvalue weighted by Gasteiger charge is -2.03. The molecular formula is C11H11N3O3. The molecule has 0 aliphatic rings. The molecule has 0 saturated heterocycles. The molecule has 1 aromatic carbocycles. The van der Waals surface area contributed by atoms with Gasteiger partial charge in [-0.3, -0.25) is 4.79 Å². The van der Waals surface area contributed by atoms with Gasteiger partial charge in [-0.2, -0.15) is 4.98 Å². The van der Waals surface area contributed by atoms with E-state index in [2.05, 4.69) is 15.5 Å². The van der Waals surface area contributed by atoms with Gasteiger partial charge in [-0.05, 0) is 18.2 Å². The molecule has 2 aromatic rings. The van der Waals surface area contributed by atoms with E-state index in [4.69, 9.17) is 4.52 Å². The SMILES string of the molecule is O=C(NCCc1ncno1)c1cccc(O)c1. The third-order valence-corrected chi connectivity index (χ3v) is 2.14. The van der Waals surface area contributed by atoms with Crippen molar-refractivity contribution in [1.29, 1.82) is 0 Å². The van der Waals surface area contributed by atoms with Crippen LogP contribution in [0, 0.1) is 0 Å². The van der Waals surface area contributed by atoms with Crippen molar-refractivity contribution < 1.29 is 14.4 Å². The minimum atomic E-state index is -0.250. The topological polar surface area (TPSA) is 88.3 Å². The minimum Gasteiger partial charge on any atom is -0.508 e. The Morgan fingerprint density at radius 1 is 1.47 bits per heavy atom. The predicted molar refractivity (Wildman–Crippen MR) is 58.4 cm³/mol. The van der Waals surface area contributed by atoms with Crippen molar-refractivity contribution in [2.45, 2.75) is 6.42 Å². The fraction of sp³-hybridized carbons (Fsp3) is 0.182. The number of phenols is 1.